The van der Waals surface area contributed by atoms with Crippen LogP contribution in [0.4, 0.5) is 0 Å². The van der Waals surface area contributed by atoms with Crippen LogP contribution >= 0.6 is 0 Å². The first kappa shape index (κ1) is 17.7. The van der Waals surface area contributed by atoms with Gasteiger partial charge in [-0.1, -0.05) is 30.3 Å². The zero-order valence-electron chi connectivity index (χ0n) is 16.3. The summed E-state index contributed by atoms with van der Waals surface area (Å²) in [5, 5.41) is 10.6. The minimum atomic E-state index is 0.0772. The van der Waals surface area contributed by atoms with Crippen molar-refractivity contribution in [3.05, 3.63) is 72.2 Å². The van der Waals surface area contributed by atoms with Crippen LogP contribution < -0.4 is 4.74 Å². The summed E-state index contributed by atoms with van der Waals surface area (Å²) >= 11 is 0. The molecule has 0 N–H and O–H groups in total. The van der Waals surface area contributed by atoms with Gasteiger partial charge in [0.2, 0.25) is 0 Å². The topological polar surface area (TPSA) is 59.7 Å². The highest BCUT2D eigenvalue weighted by Crippen LogP contribution is 2.31. The van der Waals surface area contributed by atoms with Crippen LogP contribution in [0.15, 0.2) is 60.8 Å². The predicted molar refractivity (Wildman–Crippen MR) is 111 cm³/mol. The molecule has 0 unspecified atom stereocenters. The first-order chi connectivity index (χ1) is 14.3. The third-order valence-electron chi connectivity index (χ3n) is 5.82. The van der Waals surface area contributed by atoms with Gasteiger partial charge in [0.1, 0.15) is 11.6 Å². The molecule has 1 aliphatic rings. The molecule has 0 atom stereocenters. The van der Waals surface area contributed by atoms with Crippen molar-refractivity contribution >= 4 is 22.3 Å². The number of amides is 1. The number of likely N-dealkylation sites (tertiary alicyclic amines) is 1. The van der Waals surface area contributed by atoms with Crippen molar-refractivity contribution in [2.75, 3.05) is 20.2 Å². The molecule has 1 saturated heterocycles. The molecule has 6 nitrogen and oxygen atoms in total. The van der Waals surface area contributed by atoms with E-state index in [1.165, 1.54) is 0 Å². The first-order valence-corrected chi connectivity index (χ1v) is 9.91. The molecule has 3 heterocycles. The van der Waals surface area contributed by atoms with Crippen LogP contribution in [-0.4, -0.2) is 45.6 Å². The Morgan fingerprint density at radius 1 is 0.966 bits per heavy atom. The molecule has 0 saturated carbocycles. The second-order valence-electron chi connectivity index (χ2n) is 7.41. The van der Waals surface area contributed by atoms with Gasteiger partial charge in [0.25, 0.3) is 5.91 Å². The smallest absolute Gasteiger partial charge is 0.254 e. The summed E-state index contributed by atoms with van der Waals surface area (Å²) in [5.41, 5.74) is 1.60. The van der Waals surface area contributed by atoms with Crippen LogP contribution in [0.2, 0.25) is 0 Å². The first-order valence-electron chi connectivity index (χ1n) is 9.91. The number of carbonyl (C=O) groups is 1. The zero-order chi connectivity index (χ0) is 19.8. The van der Waals surface area contributed by atoms with E-state index in [2.05, 4.69) is 14.6 Å². The van der Waals surface area contributed by atoms with Crippen LogP contribution in [0, 0.1) is 0 Å². The van der Waals surface area contributed by atoms with E-state index >= 15 is 0 Å². The van der Waals surface area contributed by atoms with Crippen molar-refractivity contribution in [1.82, 2.24) is 19.5 Å². The number of benzene rings is 2. The second-order valence-corrected chi connectivity index (χ2v) is 7.41. The van der Waals surface area contributed by atoms with Crippen molar-refractivity contribution < 1.29 is 9.53 Å². The van der Waals surface area contributed by atoms with Gasteiger partial charge < -0.3 is 9.64 Å². The Labute approximate surface area is 168 Å². The van der Waals surface area contributed by atoms with Crippen molar-refractivity contribution in [3.63, 3.8) is 0 Å². The Balaban J connectivity index is 1.37. The molecule has 1 fully saturated rings. The van der Waals surface area contributed by atoms with Gasteiger partial charge in [0.05, 0.1) is 7.11 Å². The minimum absolute atomic E-state index is 0.0772. The molecular formula is C23H22N4O2. The molecule has 6 heteroatoms. The van der Waals surface area contributed by atoms with E-state index < -0.39 is 0 Å². The van der Waals surface area contributed by atoms with E-state index in [0.717, 1.165) is 46.4 Å². The Bertz CT molecular complexity index is 1190. The molecule has 2 aromatic carbocycles. The summed E-state index contributed by atoms with van der Waals surface area (Å²) in [6, 6.07) is 17.6. The number of rotatable bonds is 3. The Morgan fingerprint density at radius 3 is 2.52 bits per heavy atom. The zero-order valence-corrected chi connectivity index (χ0v) is 16.3. The third kappa shape index (κ3) is 3.01. The van der Waals surface area contributed by atoms with E-state index in [0.29, 0.717) is 19.0 Å². The molecule has 1 aliphatic heterocycles. The lowest BCUT2D eigenvalue weighted by atomic mass is 9.94. The van der Waals surface area contributed by atoms with Crippen LogP contribution in [0.5, 0.6) is 5.75 Å². The molecule has 146 valence electrons. The lowest BCUT2D eigenvalue weighted by Crippen LogP contribution is -2.38. The fraction of sp³-hybridized carbons (Fsp3) is 0.261. The van der Waals surface area contributed by atoms with Gasteiger partial charge in [0.15, 0.2) is 5.65 Å². The number of aromatic nitrogens is 3. The number of pyridine rings is 1. The number of hydrogen-bond donors (Lipinski definition) is 0. The largest absolute Gasteiger partial charge is 0.496 e. The molecule has 0 bridgehead atoms. The highest BCUT2D eigenvalue weighted by atomic mass is 16.5. The summed E-state index contributed by atoms with van der Waals surface area (Å²) in [6.45, 7) is 1.43. The Hall–Kier alpha value is -3.41. The van der Waals surface area contributed by atoms with Crippen molar-refractivity contribution in [3.8, 4) is 5.75 Å². The van der Waals surface area contributed by atoms with Crippen molar-refractivity contribution in [2.45, 2.75) is 18.8 Å². The fourth-order valence-electron chi connectivity index (χ4n) is 4.29. The average molecular weight is 386 g/mol. The maximum absolute atomic E-state index is 13.3. The highest BCUT2D eigenvalue weighted by molar-refractivity contribution is 6.08. The Morgan fingerprint density at radius 2 is 1.72 bits per heavy atom. The summed E-state index contributed by atoms with van der Waals surface area (Å²) in [5.74, 6) is 2.16. The predicted octanol–water partition coefficient (Wildman–Crippen LogP) is 3.91. The number of ether oxygens (including phenoxy) is 1. The molecule has 4 aromatic rings. The molecular weight excluding hydrogens is 364 g/mol. The van der Waals surface area contributed by atoms with Crippen LogP contribution in [-0.2, 0) is 0 Å². The number of fused-ring (bicyclic) bond motifs is 2. The number of hydrogen-bond acceptors (Lipinski definition) is 4. The third-order valence-corrected chi connectivity index (χ3v) is 5.82. The molecule has 0 aliphatic carbocycles. The summed E-state index contributed by atoms with van der Waals surface area (Å²) in [7, 11) is 1.65. The van der Waals surface area contributed by atoms with Crippen molar-refractivity contribution in [2.24, 2.45) is 0 Å². The van der Waals surface area contributed by atoms with Crippen LogP contribution in [0.25, 0.3) is 16.4 Å². The number of nitrogens with zero attached hydrogens (tertiary/aromatic N) is 4. The molecule has 0 spiro atoms. The van der Waals surface area contributed by atoms with Crippen LogP contribution in [0.3, 0.4) is 0 Å². The molecule has 2 aromatic heterocycles. The van der Waals surface area contributed by atoms with E-state index in [-0.39, 0.29) is 5.91 Å². The van der Waals surface area contributed by atoms with Gasteiger partial charge in [-0.05, 0) is 42.5 Å². The average Bonchev–Trinajstić information content (AvgIpc) is 3.22. The van der Waals surface area contributed by atoms with Gasteiger partial charge in [0, 0.05) is 36.2 Å². The molecule has 29 heavy (non-hydrogen) atoms. The van der Waals surface area contributed by atoms with Crippen molar-refractivity contribution in [1.29, 1.82) is 0 Å². The maximum atomic E-state index is 13.3. The van der Waals surface area contributed by atoms with Crippen LogP contribution in [0.1, 0.15) is 34.9 Å². The van der Waals surface area contributed by atoms with E-state index in [4.69, 9.17) is 4.74 Å². The van der Waals surface area contributed by atoms with E-state index in [1.54, 1.807) is 7.11 Å². The lowest BCUT2D eigenvalue weighted by Gasteiger charge is -2.31. The highest BCUT2D eigenvalue weighted by Gasteiger charge is 2.28. The Kier molecular flexibility index (Phi) is 4.39. The monoisotopic (exact) mass is 386 g/mol. The van der Waals surface area contributed by atoms with Gasteiger partial charge in [-0.2, -0.15) is 0 Å². The van der Waals surface area contributed by atoms with Gasteiger partial charge in [-0.15, -0.1) is 10.2 Å². The summed E-state index contributed by atoms with van der Waals surface area (Å²) < 4.78 is 7.51. The van der Waals surface area contributed by atoms with Gasteiger partial charge >= 0.3 is 0 Å². The normalized spacial score (nSPS) is 15.1. The summed E-state index contributed by atoms with van der Waals surface area (Å²) in [6.07, 6.45) is 3.77. The van der Waals surface area contributed by atoms with E-state index in [9.17, 15) is 4.79 Å². The quantitative estimate of drug-likeness (QED) is 0.536. The van der Waals surface area contributed by atoms with Gasteiger partial charge in [-0.3, -0.25) is 9.20 Å². The SMILES string of the molecule is COc1ccc(C(=O)N2CCC(c3nnc4ccccn34)CC2)c2ccccc12. The van der Waals surface area contributed by atoms with E-state index in [1.807, 2.05) is 65.7 Å². The minimum Gasteiger partial charge on any atom is -0.496 e. The lowest BCUT2D eigenvalue weighted by molar-refractivity contribution is 0.0713. The molecule has 0 radical (unpaired) electrons. The maximum Gasteiger partial charge on any atom is 0.254 e. The number of methoxy groups -OCH3 is 1. The molecule has 1 amide bonds. The number of carbonyl (C=O) groups excluding carboxylic acids is 1. The second kappa shape index (κ2) is 7.20. The fourth-order valence-corrected chi connectivity index (χ4v) is 4.29. The molecule has 5 rings (SSSR count). The summed E-state index contributed by atoms with van der Waals surface area (Å²) in [4.78, 5) is 15.2. The standard InChI is InChI=1S/C23H22N4O2/c1-29-20-10-9-19(17-6-2-3-7-18(17)20)23(28)26-14-11-16(12-15-26)22-25-24-21-8-4-5-13-27(21)22/h2-10,13,16H,11-12,14-15H2,1H3. The van der Waals surface area contributed by atoms with Gasteiger partial charge in [-0.25, -0.2) is 0 Å². The number of piperidine rings is 1.